The van der Waals surface area contributed by atoms with E-state index in [1.165, 1.54) is 0 Å². The Hall–Kier alpha value is -6.07. The van der Waals surface area contributed by atoms with E-state index in [9.17, 15) is 16.6 Å². The van der Waals surface area contributed by atoms with Crippen molar-refractivity contribution in [1.29, 1.82) is 0 Å². The van der Waals surface area contributed by atoms with Gasteiger partial charge in [0, 0.05) is 14.7 Å². The molecule has 0 spiro atoms. The standard InChI is InChI=1S/C54H65N9O8Si/c1-54(2,3)72(4,5)71-45(37-64-32-38-21-11-6-12-22-38)49-52(68-36-42-29-19-10-20-30-42)50(66-34-40-25-15-8-16-26-40)46(60-63-57)53(70-49)69-48-44(59-62-56)31-43(58-61-55)47(65-33-39-23-13-7-14-24-39)51(48)67-35-41-27-17-9-18-28-41/h6-30,43-53H,31-37H2,1-5H3/t43?,44?,45?,46?,47?,48-,49?,50?,51?,52-,53+/m1/s1. The van der Waals surface area contributed by atoms with Gasteiger partial charge in [-0.25, -0.2) is 0 Å². The fourth-order valence-corrected chi connectivity index (χ4v) is 10.0. The summed E-state index contributed by atoms with van der Waals surface area (Å²) in [5.74, 6) is 0. The van der Waals surface area contributed by atoms with E-state index in [4.69, 9.17) is 37.6 Å². The van der Waals surface area contributed by atoms with Crippen molar-refractivity contribution in [3.8, 4) is 0 Å². The van der Waals surface area contributed by atoms with Gasteiger partial charge >= 0.3 is 0 Å². The lowest BCUT2D eigenvalue weighted by Crippen LogP contribution is -2.66. The van der Waals surface area contributed by atoms with Crippen LogP contribution < -0.4 is 0 Å². The Labute approximate surface area is 422 Å². The third-order valence-electron chi connectivity index (χ3n) is 13.5. The molecule has 8 unspecified atom stereocenters. The van der Waals surface area contributed by atoms with E-state index in [0.717, 1.165) is 27.8 Å². The smallest absolute Gasteiger partial charge is 0.192 e. The molecule has 0 radical (unpaired) electrons. The fourth-order valence-electron chi connectivity index (χ4n) is 8.73. The lowest BCUT2D eigenvalue weighted by atomic mass is 9.83. The molecule has 0 amide bonds. The second kappa shape index (κ2) is 26.6. The lowest BCUT2D eigenvalue weighted by molar-refractivity contribution is -0.319. The number of ether oxygens (including phenoxy) is 7. The van der Waals surface area contributed by atoms with Gasteiger partial charge in [0.2, 0.25) is 0 Å². The highest BCUT2D eigenvalue weighted by atomic mass is 28.4. The maximum Gasteiger partial charge on any atom is 0.192 e. The molecule has 2 fully saturated rings. The monoisotopic (exact) mass is 995 g/mol. The Morgan fingerprint density at radius 1 is 0.528 bits per heavy atom. The zero-order valence-corrected chi connectivity index (χ0v) is 42.5. The van der Waals surface area contributed by atoms with E-state index in [0.29, 0.717) is 6.61 Å². The third kappa shape index (κ3) is 14.8. The first-order valence-corrected chi connectivity index (χ1v) is 27.2. The van der Waals surface area contributed by atoms with Crippen molar-refractivity contribution in [2.45, 2.75) is 146 Å². The Morgan fingerprint density at radius 2 is 0.917 bits per heavy atom. The van der Waals surface area contributed by atoms with Crippen molar-refractivity contribution in [2.75, 3.05) is 6.61 Å². The fraction of sp³-hybridized carbons (Fsp3) is 0.444. The summed E-state index contributed by atoms with van der Waals surface area (Å²) in [6.07, 6.45) is -8.12. The van der Waals surface area contributed by atoms with Gasteiger partial charge in [0.15, 0.2) is 14.6 Å². The maximum atomic E-state index is 10.4. The van der Waals surface area contributed by atoms with Gasteiger partial charge in [0.25, 0.3) is 0 Å². The van der Waals surface area contributed by atoms with Crippen LogP contribution in [0.1, 0.15) is 55.0 Å². The summed E-state index contributed by atoms with van der Waals surface area (Å²) in [4.78, 5) is 9.80. The number of benzene rings is 5. The Balaban J connectivity index is 1.35. The number of hydrogen-bond acceptors (Lipinski definition) is 11. The lowest BCUT2D eigenvalue weighted by Gasteiger charge is -2.51. The highest BCUT2D eigenvalue weighted by Gasteiger charge is 2.55. The molecule has 1 heterocycles. The van der Waals surface area contributed by atoms with Crippen LogP contribution in [-0.4, -0.2) is 82.1 Å². The van der Waals surface area contributed by atoms with E-state index in [1.807, 2.05) is 152 Å². The molecule has 17 nitrogen and oxygen atoms in total. The Bertz CT molecular complexity index is 2550. The molecule has 5 aromatic carbocycles. The number of rotatable bonds is 24. The molecule has 378 valence electrons. The van der Waals surface area contributed by atoms with Crippen LogP contribution in [0.15, 0.2) is 167 Å². The van der Waals surface area contributed by atoms with Crippen molar-refractivity contribution < 1.29 is 37.6 Å². The minimum Gasteiger partial charge on any atom is -0.409 e. The molecular weight excluding hydrogens is 931 g/mol. The first-order valence-electron chi connectivity index (χ1n) is 24.3. The molecule has 5 aromatic rings. The quantitative estimate of drug-likeness (QED) is 0.0250. The second-order valence-corrected chi connectivity index (χ2v) is 24.3. The van der Waals surface area contributed by atoms with Gasteiger partial charge in [0.05, 0.1) is 70.0 Å². The Morgan fingerprint density at radius 3 is 1.35 bits per heavy atom. The summed E-state index contributed by atoms with van der Waals surface area (Å²) in [5, 5.41) is 12.6. The summed E-state index contributed by atoms with van der Waals surface area (Å²) in [7, 11) is -2.64. The third-order valence-corrected chi connectivity index (χ3v) is 18.0. The van der Waals surface area contributed by atoms with Crippen molar-refractivity contribution in [3.63, 3.8) is 0 Å². The molecule has 0 aromatic heterocycles. The molecule has 1 aliphatic heterocycles. The average Bonchev–Trinajstić information content (AvgIpc) is 3.39. The predicted molar refractivity (Wildman–Crippen MR) is 275 cm³/mol. The summed E-state index contributed by atoms with van der Waals surface area (Å²) in [5.41, 5.74) is 35.0. The normalized spacial score (nSPS) is 24.7. The SMILES string of the molecule is CC(C)(C)[Si](C)(C)OC(COCc1ccccc1)C1O[C@H](O[C@@H]2C(N=[N+]=[N-])CC(N=[N+]=[N-])C(OCc3ccccc3)C2OCc2ccccc2)C(N=[N+]=[N-])C(OCc2ccccc2)[C@@H]1OCc1ccccc1. The van der Waals surface area contributed by atoms with Gasteiger partial charge in [-0.15, -0.1) is 0 Å². The summed E-state index contributed by atoms with van der Waals surface area (Å²) in [6, 6.07) is 45.4. The van der Waals surface area contributed by atoms with Crippen LogP contribution in [0, 0.1) is 0 Å². The molecule has 0 bridgehead atoms. The van der Waals surface area contributed by atoms with Crippen LogP contribution >= 0.6 is 0 Å². The first-order chi connectivity index (χ1) is 35.0. The highest BCUT2D eigenvalue weighted by molar-refractivity contribution is 6.74. The summed E-state index contributed by atoms with van der Waals surface area (Å²) >= 11 is 0. The number of azide groups is 3. The molecule has 2 aliphatic rings. The van der Waals surface area contributed by atoms with E-state index < -0.39 is 75.5 Å². The molecule has 72 heavy (non-hydrogen) atoms. The number of nitrogens with zero attached hydrogens (tertiary/aromatic N) is 9. The molecule has 7 rings (SSSR count). The maximum absolute atomic E-state index is 10.4. The van der Waals surface area contributed by atoms with Crippen LogP contribution in [-0.2, 0) is 70.6 Å². The minimum atomic E-state index is -2.64. The first kappa shape index (κ1) is 53.7. The van der Waals surface area contributed by atoms with Crippen LogP contribution in [0.3, 0.4) is 0 Å². The van der Waals surface area contributed by atoms with E-state index in [1.54, 1.807) is 0 Å². The highest BCUT2D eigenvalue weighted by Crippen LogP contribution is 2.42. The second-order valence-electron chi connectivity index (χ2n) is 19.5. The topological polar surface area (TPSA) is 220 Å². The zero-order valence-electron chi connectivity index (χ0n) is 41.5. The average molecular weight is 996 g/mol. The van der Waals surface area contributed by atoms with E-state index in [-0.39, 0.29) is 44.5 Å². The van der Waals surface area contributed by atoms with Crippen LogP contribution in [0.5, 0.6) is 0 Å². The molecule has 1 saturated heterocycles. The van der Waals surface area contributed by atoms with Crippen molar-refractivity contribution >= 4 is 8.32 Å². The van der Waals surface area contributed by atoms with E-state index in [2.05, 4.69) is 63.9 Å². The zero-order chi connectivity index (χ0) is 50.8. The predicted octanol–water partition coefficient (Wildman–Crippen LogP) is 12.5. The molecule has 0 N–H and O–H groups in total. The van der Waals surface area contributed by atoms with Crippen molar-refractivity contribution in [2.24, 2.45) is 15.3 Å². The molecule has 18 heteroatoms. The van der Waals surface area contributed by atoms with Gasteiger partial charge in [-0.05, 0) is 69.0 Å². The Kier molecular flexibility index (Phi) is 19.8. The summed E-state index contributed by atoms with van der Waals surface area (Å²) in [6.45, 7) is 11.7. The largest absolute Gasteiger partial charge is 0.409 e. The van der Waals surface area contributed by atoms with Gasteiger partial charge < -0.3 is 37.6 Å². The molecular formula is C54H65N9O8Si. The minimum absolute atomic E-state index is 0.0347. The van der Waals surface area contributed by atoms with Crippen LogP contribution in [0.2, 0.25) is 18.1 Å². The molecule has 11 atom stereocenters. The van der Waals surface area contributed by atoms with Gasteiger partial charge in [-0.3, -0.25) is 0 Å². The van der Waals surface area contributed by atoms with Gasteiger partial charge in [-0.1, -0.05) is 188 Å². The van der Waals surface area contributed by atoms with Gasteiger partial charge in [-0.2, -0.15) is 0 Å². The van der Waals surface area contributed by atoms with Crippen LogP contribution in [0.25, 0.3) is 31.3 Å². The summed E-state index contributed by atoms with van der Waals surface area (Å²) < 4.78 is 55.8. The molecule has 1 aliphatic carbocycles. The van der Waals surface area contributed by atoms with Gasteiger partial charge in [0.1, 0.15) is 30.5 Å². The van der Waals surface area contributed by atoms with E-state index >= 15 is 0 Å². The number of hydrogen-bond donors (Lipinski definition) is 0. The van der Waals surface area contributed by atoms with Crippen LogP contribution in [0.4, 0.5) is 0 Å². The van der Waals surface area contributed by atoms with Crippen molar-refractivity contribution in [1.82, 2.24) is 0 Å². The van der Waals surface area contributed by atoms with Crippen molar-refractivity contribution in [3.05, 3.63) is 211 Å². The molecule has 1 saturated carbocycles.